The highest BCUT2D eigenvalue weighted by molar-refractivity contribution is 5.88. The van der Waals surface area contributed by atoms with Crippen molar-refractivity contribution in [2.24, 2.45) is 5.92 Å². The molecule has 0 saturated heterocycles. The molecule has 0 aliphatic rings. The van der Waals surface area contributed by atoms with Crippen molar-refractivity contribution < 1.29 is 9.59 Å². The fraction of sp³-hybridized carbons (Fsp3) is 0.438. The molecule has 1 aromatic heterocycles. The summed E-state index contributed by atoms with van der Waals surface area (Å²) in [4.78, 5) is 28.2. The van der Waals surface area contributed by atoms with Crippen molar-refractivity contribution >= 4 is 22.7 Å². The molecular weight excluding hydrogens is 266 g/mol. The van der Waals surface area contributed by atoms with Crippen LogP contribution in [0.25, 0.3) is 11.0 Å². The summed E-state index contributed by atoms with van der Waals surface area (Å²) in [5.74, 6) is 0.670. The lowest BCUT2D eigenvalue weighted by atomic mass is 10.0. The molecule has 1 aromatic carbocycles. The van der Waals surface area contributed by atoms with E-state index in [1.807, 2.05) is 49.6 Å². The Morgan fingerprint density at radius 1 is 1.29 bits per heavy atom. The van der Waals surface area contributed by atoms with Crippen molar-refractivity contribution in [2.45, 2.75) is 40.3 Å². The van der Waals surface area contributed by atoms with Crippen LogP contribution in [0, 0.1) is 12.8 Å². The Balaban J connectivity index is 2.18. The molecule has 0 aliphatic heterocycles. The number of hydrogen-bond donors (Lipinski definition) is 1. The fourth-order valence-electron chi connectivity index (χ4n) is 2.50. The molecule has 112 valence electrons. The lowest BCUT2D eigenvalue weighted by molar-refractivity contribution is -0.128. The Hall–Kier alpha value is -2.17. The van der Waals surface area contributed by atoms with Gasteiger partial charge in [-0.3, -0.25) is 9.59 Å². The van der Waals surface area contributed by atoms with Crippen LogP contribution in [0.2, 0.25) is 0 Å². The average Bonchev–Trinajstić information content (AvgIpc) is 2.72. The van der Waals surface area contributed by atoms with E-state index in [0.29, 0.717) is 0 Å². The first-order chi connectivity index (χ1) is 9.90. The number of imidazole rings is 1. The third-order valence-corrected chi connectivity index (χ3v) is 3.57. The summed E-state index contributed by atoms with van der Waals surface area (Å²) in [6.07, 6.45) is 0. The molecule has 0 aliphatic carbocycles. The highest BCUT2D eigenvalue weighted by Gasteiger charge is 2.21. The minimum atomic E-state index is -0.437. The zero-order valence-corrected chi connectivity index (χ0v) is 12.9. The number of nitrogens with one attached hydrogen (secondary N) is 1. The molecule has 2 aromatic rings. The minimum absolute atomic E-state index is 0.0226. The average molecular weight is 287 g/mol. The zero-order chi connectivity index (χ0) is 15.6. The zero-order valence-electron chi connectivity index (χ0n) is 12.9. The van der Waals surface area contributed by atoms with E-state index >= 15 is 0 Å². The predicted octanol–water partition coefficient (Wildman–Crippen LogP) is 2.07. The van der Waals surface area contributed by atoms with Gasteiger partial charge in [0.25, 0.3) is 0 Å². The number of aryl methyl sites for hydroxylation is 1. The molecule has 1 atom stereocenters. The van der Waals surface area contributed by atoms with Crippen LogP contribution in [0.1, 0.15) is 26.6 Å². The monoisotopic (exact) mass is 287 g/mol. The van der Waals surface area contributed by atoms with Gasteiger partial charge >= 0.3 is 0 Å². The van der Waals surface area contributed by atoms with Gasteiger partial charge in [-0.2, -0.15) is 0 Å². The van der Waals surface area contributed by atoms with E-state index in [1.54, 1.807) is 0 Å². The number of Topliss-reactive ketones (excluding diaryl/α,β-unsaturated/α-hetero) is 1. The number of benzene rings is 1. The molecule has 1 amide bonds. The Labute approximate surface area is 124 Å². The Morgan fingerprint density at radius 2 is 1.95 bits per heavy atom. The Morgan fingerprint density at radius 3 is 2.57 bits per heavy atom. The van der Waals surface area contributed by atoms with E-state index in [-0.39, 0.29) is 24.2 Å². The SMILES string of the molecule is CC(=O)C(NC(=O)Cn1c(C)nc2ccccc21)C(C)C. The Bertz CT molecular complexity index is 673. The number of carbonyl (C=O) groups is 2. The number of amides is 1. The summed E-state index contributed by atoms with van der Waals surface area (Å²) in [5.41, 5.74) is 1.80. The topological polar surface area (TPSA) is 64.0 Å². The lowest BCUT2D eigenvalue weighted by Crippen LogP contribution is -2.44. The largest absolute Gasteiger partial charge is 0.344 e. The normalized spacial score (nSPS) is 12.6. The van der Waals surface area contributed by atoms with E-state index in [1.165, 1.54) is 6.92 Å². The molecule has 5 heteroatoms. The molecule has 1 heterocycles. The minimum Gasteiger partial charge on any atom is -0.344 e. The standard InChI is InChI=1S/C16H21N3O2/c1-10(2)16(11(3)20)18-15(21)9-19-12(4)17-13-7-5-6-8-14(13)19/h5-8,10,16H,9H2,1-4H3,(H,18,21). The van der Waals surface area contributed by atoms with Crippen LogP contribution in [-0.4, -0.2) is 27.3 Å². The van der Waals surface area contributed by atoms with Gasteiger partial charge in [-0.25, -0.2) is 4.98 Å². The first kappa shape index (κ1) is 15.2. The van der Waals surface area contributed by atoms with Gasteiger partial charge in [-0.1, -0.05) is 26.0 Å². The fourth-order valence-corrected chi connectivity index (χ4v) is 2.50. The first-order valence-corrected chi connectivity index (χ1v) is 7.12. The summed E-state index contributed by atoms with van der Waals surface area (Å²) in [6, 6.07) is 7.26. The molecule has 21 heavy (non-hydrogen) atoms. The quantitative estimate of drug-likeness (QED) is 0.915. The van der Waals surface area contributed by atoms with Crippen LogP contribution in [0.3, 0.4) is 0 Å². The van der Waals surface area contributed by atoms with Gasteiger partial charge in [0.05, 0.1) is 17.1 Å². The molecule has 5 nitrogen and oxygen atoms in total. The van der Waals surface area contributed by atoms with Gasteiger partial charge in [0.2, 0.25) is 5.91 Å². The molecule has 0 radical (unpaired) electrons. The van der Waals surface area contributed by atoms with Gasteiger partial charge in [0.15, 0.2) is 5.78 Å². The van der Waals surface area contributed by atoms with Crippen molar-refractivity contribution in [3.8, 4) is 0 Å². The van der Waals surface area contributed by atoms with E-state index in [9.17, 15) is 9.59 Å². The Kier molecular flexibility index (Phi) is 4.40. The van der Waals surface area contributed by atoms with Gasteiger partial charge in [0, 0.05) is 0 Å². The van der Waals surface area contributed by atoms with E-state index in [2.05, 4.69) is 10.3 Å². The van der Waals surface area contributed by atoms with Crippen molar-refractivity contribution in [1.29, 1.82) is 0 Å². The number of para-hydroxylation sites is 2. The second-order valence-electron chi connectivity index (χ2n) is 5.63. The third kappa shape index (κ3) is 3.29. The van der Waals surface area contributed by atoms with Crippen LogP contribution < -0.4 is 5.32 Å². The molecule has 1 N–H and O–H groups in total. The number of hydrogen-bond acceptors (Lipinski definition) is 3. The number of fused-ring (bicyclic) bond motifs is 1. The van der Waals surface area contributed by atoms with E-state index in [4.69, 9.17) is 0 Å². The van der Waals surface area contributed by atoms with Gasteiger partial charge < -0.3 is 9.88 Å². The first-order valence-electron chi connectivity index (χ1n) is 7.12. The number of aromatic nitrogens is 2. The van der Waals surface area contributed by atoms with Crippen molar-refractivity contribution in [1.82, 2.24) is 14.9 Å². The summed E-state index contributed by atoms with van der Waals surface area (Å²) in [5, 5.41) is 2.81. The van der Waals surface area contributed by atoms with Crippen LogP contribution >= 0.6 is 0 Å². The molecule has 0 bridgehead atoms. The van der Waals surface area contributed by atoms with Crippen molar-refractivity contribution in [3.63, 3.8) is 0 Å². The number of rotatable bonds is 5. The molecule has 2 rings (SSSR count). The highest BCUT2D eigenvalue weighted by atomic mass is 16.2. The number of nitrogens with zero attached hydrogens (tertiary/aromatic N) is 2. The maximum absolute atomic E-state index is 12.2. The molecule has 0 saturated carbocycles. The second-order valence-corrected chi connectivity index (χ2v) is 5.63. The van der Waals surface area contributed by atoms with Crippen molar-refractivity contribution in [2.75, 3.05) is 0 Å². The molecule has 0 spiro atoms. The number of ketones is 1. The number of carbonyl (C=O) groups excluding carboxylic acids is 2. The summed E-state index contributed by atoms with van der Waals surface area (Å²) in [6.45, 7) is 7.39. The van der Waals surface area contributed by atoms with Gasteiger partial charge in [-0.05, 0) is 31.9 Å². The maximum Gasteiger partial charge on any atom is 0.240 e. The summed E-state index contributed by atoms with van der Waals surface area (Å²) >= 11 is 0. The van der Waals surface area contributed by atoms with Crippen LogP contribution in [-0.2, 0) is 16.1 Å². The smallest absolute Gasteiger partial charge is 0.240 e. The molecule has 0 fully saturated rings. The van der Waals surface area contributed by atoms with E-state index < -0.39 is 6.04 Å². The van der Waals surface area contributed by atoms with Crippen LogP contribution in [0.5, 0.6) is 0 Å². The highest BCUT2D eigenvalue weighted by Crippen LogP contribution is 2.15. The lowest BCUT2D eigenvalue weighted by Gasteiger charge is -2.20. The summed E-state index contributed by atoms with van der Waals surface area (Å²) in [7, 11) is 0. The molecule has 1 unspecified atom stereocenters. The molecular formula is C16H21N3O2. The van der Waals surface area contributed by atoms with Crippen LogP contribution in [0.15, 0.2) is 24.3 Å². The van der Waals surface area contributed by atoms with Crippen LogP contribution in [0.4, 0.5) is 0 Å². The summed E-state index contributed by atoms with van der Waals surface area (Å²) < 4.78 is 1.86. The van der Waals surface area contributed by atoms with Crippen molar-refractivity contribution in [3.05, 3.63) is 30.1 Å². The third-order valence-electron chi connectivity index (χ3n) is 3.57. The maximum atomic E-state index is 12.2. The predicted molar refractivity (Wildman–Crippen MR) is 81.9 cm³/mol. The van der Waals surface area contributed by atoms with E-state index in [0.717, 1.165) is 16.9 Å². The van der Waals surface area contributed by atoms with Gasteiger partial charge in [-0.15, -0.1) is 0 Å². The van der Waals surface area contributed by atoms with Gasteiger partial charge in [0.1, 0.15) is 12.4 Å². The second kappa shape index (κ2) is 6.08.